The van der Waals surface area contributed by atoms with Gasteiger partial charge in [-0.3, -0.25) is 9.69 Å². The lowest BCUT2D eigenvalue weighted by Gasteiger charge is -2.36. The van der Waals surface area contributed by atoms with Crippen LogP contribution >= 0.6 is 11.6 Å². The summed E-state index contributed by atoms with van der Waals surface area (Å²) in [7, 11) is 1.60. The molecule has 0 bridgehead atoms. The molecule has 1 heterocycles. The largest absolute Gasteiger partial charge is 0.497 e. The number of ether oxygens (including phenoxy) is 2. The first-order valence-electron chi connectivity index (χ1n) is 12.1. The number of carbonyl (C=O) groups is 1. The van der Waals surface area contributed by atoms with Crippen LogP contribution in [0.15, 0.2) is 66.0 Å². The van der Waals surface area contributed by atoms with E-state index in [1.807, 2.05) is 55.5 Å². The predicted octanol–water partition coefficient (Wildman–Crippen LogP) is 3.59. The van der Waals surface area contributed by atoms with Crippen molar-refractivity contribution in [1.82, 2.24) is 10.2 Å². The van der Waals surface area contributed by atoms with Crippen molar-refractivity contribution < 1.29 is 24.2 Å². The fraction of sp³-hybridized carbons (Fsp3) is 0.407. The summed E-state index contributed by atoms with van der Waals surface area (Å²) in [4.78, 5) is 21.9. The summed E-state index contributed by atoms with van der Waals surface area (Å²) in [5, 5.41) is 17.7. The Balaban J connectivity index is 1.35. The summed E-state index contributed by atoms with van der Waals surface area (Å²) >= 11 is 6.10. The van der Waals surface area contributed by atoms with Crippen molar-refractivity contribution in [2.75, 3.05) is 51.3 Å². The first-order chi connectivity index (χ1) is 17.7. The van der Waals surface area contributed by atoms with Gasteiger partial charge in [0.15, 0.2) is 0 Å². The minimum Gasteiger partial charge on any atom is -0.497 e. The van der Waals surface area contributed by atoms with Crippen LogP contribution in [0.5, 0.6) is 5.75 Å². The topological polar surface area (TPSA) is 95.9 Å². The van der Waals surface area contributed by atoms with Gasteiger partial charge in [-0.05, 0) is 54.6 Å². The number of aliphatic hydroxyl groups is 1. The molecule has 37 heavy (non-hydrogen) atoms. The molecule has 2 aromatic carbocycles. The maximum Gasteiger partial charge on any atom is 0.289 e. The molecule has 1 saturated heterocycles. The average Bonchev–Trinajstić information content (AvgIpc) is 2.91. The highest BCUT2D eigenvalue weighted by Crippen LogP contribution is 2.21. The standard InChI is InChI=1S/C27H35ClN4O5/c1-19(22-8-10-26(35-4)11-9-22)29-27(34)20(2)37-30-21(3)36-18-25(33)17-31-12-14-32(15-13-31)24-7-5-6-23(28)16-24/h5-11,16,19,25,33H,2,12-15,17-18H2,1,3-4H3,(H,29,34)/b30-21+/t19-,25?/m1/s1. The summed E-state index contributed by atoms with van der Waals surface area (Å²) in [5.74, 6) is 0.265. The molecule has 1 fully saturated rings. The number of β-amino-alcohol motifs (C(OH)–C–C–N with tert-alkyl or cyclic N) is 1. The molecule has 2 aromatic rings. The lowest BCUT2D eigenvalue weighted by molar-refractivity contribution is -0.121. The molecule has 0 aromatic heterocycles. The minimum absolute atomic E-state index is 0.0559. The number of amides is 1. The number of oxime groups is 1. The Morgan fingerprint density at radius 1 is 1.19 bits per heavy atom. The van der Waals surface area contributed by atoms with Gasteiger partial charge < -0.3 is 29.6 Å². The van der Waals surface area contributed by atoms with Crippen LogP contribution in [0.2, 0.25) is 5.02 Å². The highest BCUT2D eigenvalue weighted by molar-refractivity contribution is 6.30. The van der Waals surface area contributed by atoms with Gasteiger partial charge in [-0.15, -0.1) is 0 Å². The Hall–Kier alpha value is -3.27. The van der Waals surface area contributed by atoms with Crippen molar-refractivity contribution in [1.29, 1.82) is 0 Å². The van der Waals surface area contributed by atoms with Gasteiger partial charge in [-0.25, -0.2) is 0 Å². The van der Waals surface area contributed by atoms with Crippen LogP contribution in [0.3, 0.4) is 0 Å². The number of halogens is 1. The van der Waals surface area contributed by atoms with Crippen molar-refractivity contribution in [2.24, 2.45) is 5.16 Å². The molecule has 0 aliphatic carbocycles. The van der Waals surface area contributed by atoms with Gasteiger partial charge in [0.1, 0.15) is 18.5 Å². The summed E-state index contributed by atoms with van der Waals surface area (Å²) in [6.45, 7) is 10.9. The monoisotopic (exact) mass is 530 g/mol. The van der Waals surface area contributed by atoms with E-state index >= 15 is 0 Å². The molecule has 2 N–H and O–H groups in total. The zero-order chi connectivity index (χ0) is 26.8. The fourth-order valence-electron chi connectivity index (χ4n) is 3.87. The smallest absolute Gasteiger partial charge is 0.289 e. The van der Waals surface area contributed by atoms with Crippen LogP contribution < -0.4 is 15.0 Å². The zero-order valence-electron chi connectivity index (χ0n) is 21.5. The van der Waals surface area contributed by atoms with E-state index in [9.17, 15) is 9.90 Å². The Bertz CT molecular complexity index is 1070. The van der Waals surface area contributed by atoms with E-state index in [4.69, 9.17) is 25.9 Å². The second kappa shape index (κ2) is 13.9. The first kappa shape index (κ1) is 28.3. The van der Waals surface area contributed by atoms with E-state index in [0.717, 1.165) is 48.2 Å². The minimum atomic E-state index is -0.695. The van der Waals surface area contributed by atoms with Crippen LogP contribution in [0.4, 0.5) is 5.69 Å². The van der Waals surface area contributed by atoms with E-state index in [2.05, 4.69) is 26.9 Å². The number of benzene rings is 2. The van der Waals surface area contributed by atoms with Crippen molar-refractivity contribution >= 4 is 29.1 Å². The van der Waals surface area contributed by atoms with Gasteiger partial charge in [-0.2, -0.15) is 0 Å². The van der Waals surface area contributed by atoms with E-state index in [-0.39, 0.29) is 24.3 Å². The van der Waals surface area contributed by atoms with Crippen LogP contribution in [-0.2, 0) is 14.4 Å². The number of aliphatic hydroxyl groups excluding tert-OH is 1. The number of anilines is 1. The predicted molar refractivity (Wildman–Crippen MR) is 145 cm³/mol. The molecule has 0 spiro atoms. The molecule has 0 radical (unpaired) electrons. The van der Waals surface area contributed by atoms with Gasteiger partial charge in [0, 0.05) is 50.4 Å². The SMILES string of the molecule is C=C(O/N=C(\C)OCC(O)CN1CCN(c2cccc(Cl)c2)CC1)C(=O)N[C@H](C)c1ccc(OC)cc1. The average molecular weight is 531 g/mol. The lowest BCUT2D eigenvalue weighted by Crippen LogP contribution is -2.49. The number of nitrogens with one attached hydrogen (secondary N) is 1. The van der Waals surface area contributed by atoms with Crippen molar-refractivity contribution in [3.05, 3.63) is 71.5 Å². The van der Waals surface area contributed by atoms with E-state index in [1.165, 1.54) is 0 Å². The van der Waals surface area contributed by atoms with Crippen LogP contribution in [0.1, 0.15) is 25.5 Å². The molecular weight excluding hydrogens is 496 g/mol. The Morgan fingerprint density at radius 3 is 2.54 bits per heavy atom. The number of hydrogen-bond donors (Lipinski definition) is 2. The van der Waals surface area contributed by atoms with Crippen LogP contribution in [0.25, 0.3) is 0 Å². The van der Waals surface area contributed by atoms with Crippen molar-refractivity contribution in [3.8, 4) is 5.75 Å². The second-order valence-electron chi connectivity index (χ2n) is 8.83. The number of rotatable bonds is 11. The van der Waals surface area contributed by atoms with Gasteiger partial charge in [0.05, 0.1) is 13.2 Å². The fourth-order valence-corrected chi connectivity index (χ4v) is 4.05. The van der Waals surface area contributed by atoms with E-state index in [1.54, 1.807) is 14.0 Å². The number of hydrogen-bond acceptors (Lipinski definition) is 8. The molecule has 3 rings (SSSR count). The Morgan fingerprint density at radius 2 is 1.89 bits per heavy atom. The number of methoxy groups -OCH3 is 1. The van der Waals surface area contributed by atoms with E-state index < -0.39 is 12.0 Å². The van der Waals surface area contributed by atoms with Gasteiger partial charge in [0.25, 0.3) is 5.91 Å². The van der Waals surface area contributed by atoms with Crippen molar-refractivity contribution in [3.63, 3.8) is 0 Å². The van der Waals surface area contributed by atoms with E-state index in [0.29, 0.717) is 6.54 Å². The quantitative estimate of drug-likeness (QED) is 0.151. The zero-order valence-corrected chi connectivity index (χ0v) is 22.3. The summed E-state index contributed by atoms with van der Waals surface area (Å²) < 4.78 is 10.6. The maximum absolute atomic E-state index is 12.4. The molecule has 10 heteroatoms. The molecule has 1 aliphatic heterocycles. The highest BCUT2D eigenvalue weighted by Gasteiger charge is 2.20. The Kier molecular flexibility index (Phi) is 10.6. The summed E-state index contributed by atoms with van der Waals surface area (Å²) in [6, 6.07) is 14.9. The Labute approximate surface area is 223 Å². The third-order valence-corrected chi connectivity index (χ3v) is 6.24. The highest BCUT2D eigenvalue weighted by atomic mass is 35.5. The van der Waals surface area contributed by atoms with Gasteiger partial charge in [0.2, 0.25) is 11.7 Å². The number of carbonyl (C=O) groups excluding carboxylic acids is 1. The number of piperazine rings is 1. The lowest BCUT2D eigenvalue weighted by atomic mass is 10.1. The normalized spacial score (nSPS) is 16.0. The van der Waals surface area contributed by atoms with Gasteiger partial charge in [-0.1, -0.05) is 29.8 Å². The number of nitrogens with zero attached hydrogens (tertiary/aromatic N) is 3. The third kappa shape index (κ3) is 8.96. The molecule has 200 valence electrons. The first-order valence-corrected chi connectivity index (χ1v) is 12.5. The van der Waals surface area contributed by atoms with Gasteiger partial charge >= 0.3 is 0 Å². The molecule has 1 amide bonds. The second-order valence-corrected chi connectivity index (χ2v) is 9.26. The molecule has 0 saturated carbocycles. The molecule has 2 atom stereocenters. The molecule has 9 nitrogen and oxygen atoms in total. The van der Waals surface area contributed by atoms with Crippen LogP contribution in [-0.4, -0.2) is 74.4 Å². The molecule has 1 aliphatic rings. The molecular formula is C27H35ClN4O5. The van der Waals surface area contributed by atoms with Crippen LogP contribution in [0, 0.1) is 0 Å². The summed E-state index contributed by atoms with van der Waals surface area (Å²) in [6.07, 6.45) is -0.695. The third-order valence-electron chi connectivity index (χ3n) is 6.00. The molecule has 1 unspecified atom stereocenters. The summed E-state index contributed by atoms with van der Waals surface area (Å²) in [5.41, 5.74) is 2.01. The van der Waals surface area contributed by atoms with Crippen molar-refractivity contribution in [2.45, 2.75) is 26.0 Å². The maximum atomic E-state index is 12.4.